The molecule has 1 aliphatic carbocycles. The fraction of sp³-hybridized carbons (Fsp3) is 1.00. The maximum atomic E-state index is 11.6. The smallest absolute Gasteiger partial charge is 0.213 e. The average Bonchev–Trinajstić information content (AvgIpc) is 3.05. The van der Waals surface area contributed by atoms with Crippen LogP contribution in [0.25, 0.3) is 0 Å². The molecular weight excluding hydrogens is 250 g/mol. The average molecular weight is 270 g/mol. The van der Waals surface area contributed by atoms with E-state index in [0.29, 0.717) is 25.5 Å². The zero-order valence-electron chi connectivity index (χ0n) is 9.69. The molecule has 0 unspecified atom stereocenters. The Morgan fingerprint density at radius 2 is 2.12 bits per heavy atom. The van der Waals surface area contributed by atoms with E-state index in [1.807, 2.05) is 0 Å². The van der Waals surface area contributed by atoms with Crippen LogP contribution in [-0.4, -0.2) is 51.2 Å². The van der Waals surface area contributed by atoms with Crippen molar-refractivity contribution in [3.63, 3.8) is 0 Å². The standard InChI is InChI=1S/C10H20ClNO3S/c1-12(16(13,14)8-2-5-11)6-7-15-9-10-3-4-10/h10H,2-9H2,1H3. The summed E-state index contributed by atoms with van der Waals surface area (Å²) in [5.41, 5.74) is 0. The van der Waals surface area contributed by atoms with Crippen LogP contribution in [0, 0.1) is 5.92 Å². The number of sulfonamides is 1. The van der Waals surface area contributed by atoms with Crippen LogP contribution in [0.2, 0.25) is 0 Å². The second-order valence-electron chi connectivity index (χ2n) is 4.20. The lowest BCUT2D eigenvalue weighted by atomic mass is 10.5. The maximum Gasteiger partial charge on any atom is 0.213 e. The molecule has 0 spiro atoms. The summed E-state index contributed by atoms with van der Waals surface area (Å²) in [6, 6.07) is 0. The van der Waals surface area contributed by atoms with Gasteiger partial charge in [0.15, 0.2) is 0 Å². The molecule has 1 rings (SSSR count). The molecule has 0 radical (unpaired) electrons. The van der Waals surface area contributed by atoms with Gasteiger partial charge in [-0.2, -0.15) is 0 Å². The van der Waals surface area contributed by atoms with Crippen LogP contribution in [0.15, 0.2) is 0 Å². The summed E-state index contributed by atoms with van der Waals surface area (Å²) in [4.78, 5) is 0. The SMILES string of the molecule is CN(CCOCC1CC1)S(=O)(=O)CCCCl. The van der Waals surface area contributed by atoms with Crippen molar-refractivity contribution in [1.82, 2.24) is 4.31 Å². The third kappa shape index (κ3) is 5.48. The number of likely N-dealkylation sites (N-methyl/N-ethyl adjacent to an activating group) is 1. The largest absolute Gasteiger partial charge is 0.380 e. The molecule has 0 atom stereocenters. The van der Waals surface area contributed by atoms with Gasteiger partial charge in [-0.05, 0) is 25.2 Å². The van der Waals surface area contributed by atoms with Gasteiger partial charge >= 0.3 is 0 Å². The highest BCUT2D eigenvalue weighted by Crippen LogP contribution is 2.28. The molecular formula is C10H20ClNO3S. The van der Waals surface area contributed by atoms with Gasteiger partial charge in [-0.25, -0.2) is 12.7 Å². The molecule has 0 bridgehead atoms. The van der Waals surface area contributed by atoms with E-state index in [4.69, 9.17) is 16.3 Å². The van der Waals surface area contributed by atoms with E-state index < -0.39 is 10.0 Å². The van der Waals surface area contributed by atoms with E-state index in [1.165, 1.54) is 17.1 Å². The van der Waals surface area contributed by atoms with Gasteiger partial charge < -0.3 is 4.74 Å². The highest BCUT2D eigenvalue weighted by molar-refractivity contribution is 7.89. The lowest BCUT2D eigenvalue weighted by Crippen LogP contribution is -2.32. The molecule has 16 heavy (non-hydrogen) atoms. The minimum Gasteiger partial charge on any atom is -0.380 e. The number of hydrogen-bond donors (Lipinski definition) is 0. The molecule has 0 aromatic carbocycles. The van der Waals surface area contributed by atoms with Crippen molar-refractivity contribution in [2.24, 2.45) is 5.92 Å². The van der Waals surface area contributed by atoms with E-state index in [0.717, 1.165) is 12.5 Å². The number of ether oxygens (including phenoxy) is 1. The van der Waals surface area contributed by atoms with Crippen molar-refractivity contribution in [1.29, 1.82) is 0 Å². The molecule has 96 valence electrons. The van der Waals surface area contributed by atoms with Crippen LogP contribution < -0.4 is 0 Å². The molecule has 1 fully saturated rings. The highest BCUT2D eigenvalue weighted by Gasteiger charge is 2.21. The van der Waals surface area contributed by atoms with Crippen molar-refractivity contribution in [3.05, 3.63) is 0 Å². The summed E-state index contributed by atoms with van der Waals surface area (Å²) in [5, 5.41) is 0. The van der Waals surface area contributed by atoms with Gasteiger partial charge in [0.05, 0.1) is 12.4 Å². The second kappa shape index (κ2) is 6.79. The molecule has 0 aromatic heterocycles. The first-order chi connectivity index (χ1) is 7.56. The van der Waals surface area contributed by atoms with Gasteiger partial charge in [0.1, 0.15) is 0 Å². The van der Waals surface area contributed by atoms with Crippen molar-refractivity contribution < 1.29 is 13.2 Å². The Morgan fingerprint density at radius 3 is 2.69 bits per heavy atom. The van der Waals surface area contributed by atoms with Crippen LogP contribution in [-0.2, 0) is 14.8 Å². The van der Waals surface area contributed by atoms with Crippen molar-refractivity contribution in [3.8, 4) is 0 Å². The predicted octanol–water partition coefficient (Wildman–Crippen LogP) is 1.30. The fourth-order valence-corrected chi connectivity index (χ4v) is 2.73. The summed E-state index contributed by atoms with van der Waals surface area (Å²) < 4.78 is 30.0. The Hall–Kier alpha value is 0.160. The van der Waals surface area contributed by atoms with Crippen molar-refractivity contribution in [2.75, 3.05) is 38.4 Å². The Bertz CT molecular complexity index is 290. The lowest BCUT2D eigenvalue weighted by molar-refractivity contribution is 0.117. The molecule has 4 nitrogen and oxygen atoms in total. The van der Waals surface area contributed by atoms with Crippen molar-refractivity contribution in [2.45, 2.75) is 19.3 Å². The Morgan fingerprint density at radius 1 is 1.44 bits per heavy atom. The van der Waals surface area contributed by atoms with Crippen LogP contribution in [0.4, 0.5) is 0 Å². The predicted molar refractivity (Wildman–Crippen MR) is 65.3 cm³/mol. The van der Waals surface area contributed by atoms with Crippen LogP contribution >= 0.6 is 11.6 Å². The summed E-state index contributed by atoms with van der Waals surface area (Å²) in [6.45, 7) is 1.68. The van der Waals surface area contributed by atoms with Gasteiger partial charge in [0.2, 0.25) is 10.0 Å². The topological polar surface area (TPSA) is 46.6 Å². The first kappa shape index (κ1) is 14.2. The molecule has 6 heteroatoms. The first-order valence-electron chi connectivity index (χ1n) is 5.64. The summed E-state index contributed by atoms with van der Waals surface area (Å²) >= 11 is 5.47. The Balaban J connectivity index is 2.13. The molecule has 0 heterocycles. The lowest BCUT2D eigenvalue weighted by Gasteiger charge is -2.16. The van der Waals surface area contributed by atoms with Crippen LogP contribution in [0.1, 0.15) is 19.3 Å². The maximum absolute atomic E-state index is 11.6. The zero-order valence-corrected chi connectivity index (χ0v) is 11.3. The molecule has 0 aromatic rings. The van der Waals surface area contributed by atoms with E-state index >= 15 is 0 Å². The number of alkyl halides is 1. The van der Waals surface area contributed by atoms with Crippen molar-refractivity contribution >= 4 is 21.6 Å². The van der Waals surface area contributed by atoms with Crippen LogP contribution in [0.3, 0.4) is 0 Å². The van der Waals surface area contributed by atoms with Gasteiger partial charge in [-0.15, -0.1) is 11.6 Å². The number of nitrogens with zero attached hydrogens (tertiary/aromatic N) is 1. The molecule has 0 N–H and O–H groups in total. The molecule has 0 aliphatic heterocycles. The van der Waals surface area contributed by atoms with E-state index in [9.17, 15) is 8.42 Å². The Labute approximate surface area is 103 Å². The van der Waals surface area contributed by atoms with Crippen LogP contribution in [0.5, 0.6) is 0 Å². The zero-order chi connectivity index (χ0) is 12.0. The third-order valence-corrected chi connectivity index (χ3v) is 4.82. The molecule has 1 saturated carbocycles. The number of halogens is 1. The summed E-state index contributed by atoms with van der Waals surface area (Å²) in [5.74, 6) is 1.22. The quantitative estimate of drug-likeness (QED) is 0.468. The molecule has 0 saturated heterocycles. The van der Waals surface area contributed by atoms with E-state index in [-0.39, 0.29) is 5.75 Å². The van der Waals surface area contributed by atoms with E-state index in [2.05, 4.69) is 0 Å². The summed E-state index contributed by atoms with van der Waals surface area (Å²) in [7, 11) is -1.55. The first-order valence-corrected chi connectivity index (χ1v) is 7.78. The van der Waals surface area contributed by atoms with Gasteiger partial charge in [0, 0.05) is 26.1 Å². The normalized spacial score (nSPS) is 16.9. The molecule has 0 amide bonds. The fourth-order valence-electron chi connectivity index (χ4n) is 1.26. The van der Waals surface area contributed by atoms with Gasteiger partial charge in [-0.1, -0.05) is 0 Å². The monoisotopic (exact) mass is 269 g/mol. The number of hydrogen-bond acceptors (Lipinski definition) is 3. The highest BCUT2D eigenvalue weighted by atomic mass is 35.5. The Kier molecular flexibility index (Phi) is 6.03. The van der Waals surface area contributed by atoms with Gasteiger partial charge in [0.25, 0.3) is 0 Å². The summed E-state index contributed by atoms with van der Waals surface area (Å²) in [6.07, 6.45) is 3.00. The van der Waals surface area contributed by atoms with Gasteiger partial charge in [-0.3, -0.25) is 0 Å². The van der Waals surface area contributed by atoms with E-state index in [1.54, 1.807) is 7.05 Å². The molecule has 1 aliphatic rings. The number of rotatable bonds is 9. The third-order valence-electron chi connectivity index (χ3n) is 2.61. The minimum absolute atomic E-state index is 0.121. The second-order valence-corrected chi connectivity index (χ2v) is 6.77. The minimum atomic E-state index is -3.14.